The van der Waals surface area contributed by atoms with E-state index >= 15 is 0 Å². The Kier molecular flexibility index (Phi) is 3.57. The molecule has 0 aliphatic carbocycles. The lowest BCUT2D eigenvalue weighted by Crippen LogP contribution is -2.39. The Balaban J connectivity index is 3.55. The SMILES string of the molecule is NN[C@H](C=O)CC(N)=O. The topological polar surface area (TPSA) is 98.2 Å². The highest BCUT2D eigenvalue weighted by atomic mass is 16.1. The van der Waals surface area contributed by atoms with E-state index in [4.69, 9.17) is 11.6 Å². The molecule has 0 saturated carbocycles. The van der Waals surface area contributed by atoms with E-state index in [1.165, 1.54) is 0 Å². The van der Waals surface area contributed by atoms with Gasteiger partial charge in [-0.3, -0.25) is 10.6 Å². The average molecular weight is 131 g/mol. The van der Waals surface area contributed by atoms with E-state index in [1.807, 2.05) is 0 Å². The molecule has 0 aromatic heterocycles. The van der Waals surface area contributed by atoms with Crippen molar-refractivity contribution in [3.05, 3.63) is 0 Å². The van der Waals surface area contributed by atoms with Crippen LogP contribution in [0.4, 0.5) is 0 Å². The number of carbonyl (C=O) groups is 2. The Morgan fingerprint density at radius 1 is 1.78 bits per heavy atom. The van der Waals surface area contributed by atoms with Crippen molar-refractivity contribution in [3.8, 4) is 0 Å². The number of hydrazine groups is 1. The first kappa shape index (κ1) is 8.06. The molecule has 0 aromatic rings. The molecule has 1 amide bonds. The molecule has 9 heavy (non-hydrogen) atoms. The lowest BCUT2D eigenvalue weighted by Gasteiger charge is -2.02. The summed E-state index contributed by atoms with van der Waals surface area (Å²) in [7, 11) is 0. The van der Waals surface area contributed by atoms with Crippen LogP contribution < -0.4 is 17.0 Å². The van der Waals surface area contributed by atoms with Crippen LogP contribution in [-0.4, -0.2) is 18.2 Å². The van der Waals surface area contributed by atoms with Crippen LogP contribution in [0.1, 0.15) is 6.42 Å². The molecule has 0 radical (unpaired) electrons. The Morgan fingerprint density at radius 2 is 2.33 bits per heavy atom. The van der Waals surface area contributed by atoms with Crippen LogP contribution in [-0.2, 0) is 9.59 Å². The quantitative estimate of drug-likeness (QED) is 0.231. The van der Waals surface area contributed by atoms with Crippen molar-refractivity contribution in [2.45, 2.75) is 12.5 Å². The standard InChI is InChI=1S/C4H9N3O2/c5-4(9)1-3(2-8)7-6/h2-3,7H,1,6H2,(H2,5,9)/t3-/m0/s1. The van der Waals surface area contributed by atoms with Crippen molar-refractivity contribution >= 4 is 12.2 Å². The Morgan fingerprint density at radius 3 is 2.44 bits per heavy atom. The summed E-state index contributed by atoms with van der Waals surface area (Å²) in [6.45, 7) is 0. The first-order chi connectivity index (χ1) is 4.20. The maximum Gasteiger partial charge on any atom is 0.219 e. The third kappa shape index (κ3) is 3.63. The van der Waals surface area contributed by atoms with E-state index in [9.17, 15) is 9.59 Å². The number of hydrogen-bond acceptors (Lipinski definition) is 4. The number of rotatable bonds is 4. The molecule has 0 bridgehead atoms. The fraction of sp³-hybridized carbons (Fsp3) is 0.500. The second kappa shape index (κ2) is 3.99. The van der Waals surface area contributed by atoms with Crippen molar-refractivity contribution in [1.82, 2.24) is 5.43 Å². The predicted molar refractivity (Wildman–Crippen MR) is 31.0 cm³/mol. The summed E-state index contributed by atoms with van der Waals surface area (Å²) in [6, 6.07) is -0.650. The minimum atomic E-state index is -0.650. The summed E-state index contributed by atoms with van der Waals surface area (Å²) < 4.78 is 0. The molecule has 0 unspecified atom stereocenters. The highest BCUT2D eigenvalue weighted by Gasteiger charge is 2.06. The summed E-state index contributed by atoms with van der Waals surface area (Å²) in [5, 5.41) is 0. The van der Waals surface area contributed by atoms with Gasteiger partial charge in [-0.05, 0) is 0 Å². The van der Waals surface area contributed by atoms with Gasteiger partial charge in [-0.15, -0.1) is 0 Å². The molecule has 1 atom stereocenters. The smallest absolute Gasteiger partial charge is 0.219 e. The zero-order valence-corrected chi connectivity index (χ0v) is 4.83. The predicted octanol–water partition coefficient (Wildman–Crippen LogP) is -2.11. The average Bonchev–Trinajstić information content (AvgIpc) is 1.82. The second-order valence-corrected chi connectivity index (χ2v) is 1.58. The van der Waals surface area contributed by atoms with Gasteiger partial charge in [0.05, 0.1) is 6.04 Å². The summed E-state index contributed by atoms with van der Waals surface area (Å²) >= 11 is 0. The highest BCUT2D eigenvalue weighted by Crippen LogP contribution is 1.81. The van der Waals surface area contributed by atoms with E-state index in [0.29, 0.717) is 6.29 Å². The number of hydrogen-bond donors (Lipinski definition) is 3. The fourth-order valence-corrected chi connectivity index (χ4v) is 0.363. The molecular formula is C4H9N3O2. The largest absolute Gasteiger partial charge is 0.370 e. The Bertz CT molecular complexity index is 114. The summed E-state index contributed by atoms with van der Waals surface area (Å²) in [6.07, 6.45) is 0.477. The van der Waals surface area contributed by atoms with Crippen molar-refractivity contribution in [3.63, 3.8) is 0 Å². The van der Waals surface area contributed by atoms with E-state index in [1.54, 1.807) is 0 Å². The molecule has 5 N–H and O–H groups in total. The molecular weight excluding hydrogens is 122 g/mol. The first-order valence-corrected chi connectivity index (χ1v) is 2.40. The van der Waals surface area contributed by atoms with E-state index in [2.05, 4.69) is 5.43 Å². The Labute approximate surface area is 52.4 Å². The van der Waals surface area contributed by atoms with Crippen molar-refractivity contribution in [1.29, 1.82) is 0 Å². The summed E-state index contributed by atoms with van der Waals surface area (Å²) in [4.78, 5) is 20.0. The van der Waals surface area contributed by atoms with Crippen molar-refractivity contribution in [2.24, 2.45) is 11.6 Å². The van der Waals surface area contributed by atoms with Crippen LogP contribution in [0, 0.1) is 0 Å². The van der Waals surface area contributed by atoms with Gasteiger partial charge in [-0.25, -0.2) is 5.43 Å². The van der Waals surface area contributed by atoms with Crippen LogP contribution in [0.3, 0.4) is 0 Å². The molecule has 52 valence electrons. The molecule has 0 aromatic carbocycles. The molecule has 0 rings (SSSR count). The van der Waals surface area contributed by atoms with Gasteiger partial charge >= 0.3 is 0 Å². The maximum absolute atomic E-state index is 10.1. The first-order valence-electron chi connectivity index (χ1n) is 2.40. The summed E-state index contributed by atoms with van der Waals surface area (Å²) in [5.41, 5.74) is 6.87. The van der Waals surface area contributed by atoms with Gasteiger partial charge in [0.1, 0.15) is 6.29 Å². The molecule has 0 aliphatic heterocycles. The zero-order valence-electron chi connectivity index (χ0n) is 4.83. The molecule has 5 nitrogen and oxygen atoms in total. The molecule has 0 heterocycles. The van der Waals surface area contributed by atoms with E-state index < -0.39 is 11.9 Å². The number of nitrogens with one attached hydrogen (secondary N) is 1. The normalized spacial score (nSPS) is 12.6. The van der Waals surface area contributed by atoms with Crippen LogP contribution >= 0.6 is 0 Å². The van der Waals surface area contributed by atoms with Gasteiger partial charge in [0, 0.05) is 6.42 Å². The fourth-order valence-electron chi connectivity index (χ4n) is 0.363. The molecule has 5 heteroatoms. The molecule has 0 aliphatic rings. The molecule has 0 spiro atoms. The van der Waals surface area contributed by atoms with Crippen molar-refractivity contribution in [2.75, 3.05) is 0 Å². The van der Waals surface area contributed by atoms with Crippen LogP contribution in [0.2, 0.25) is 0 Å². The van der Waals surface area contributed by atoms with Crippen LogP contribution in [0.15, 0.2) is 0 Å². The van der Waals surface area contributed by atoms with Gasteiger partial charge < -0.3 is 10.5 Å². The van der Waals surface area contributed by atoms with Gasteiger partial charge in [0.2, 0.25) is 5.91 Å². The number of amides is 1. The van der Waals surface area contributed by atoms with Gasteiger partial charge in [-0.1, -0.05) is 0 Å². The zero-order chi connectivity index (χ0) is 7.28. The maximum atomic E-state index is 10.1. The number of primary amides is 1. The lowest BCUT2D eigenvalue weighted by molar-refractivity contribution is -0.120. The second-order valence-electron chi connectivity index (χ2n) is 1.58. The monoisotopic (exact) mass is 131 g/mol. The third-order valence-electron chi connectivity index (χ3n) is 0.799. The summed E-state index contributed by atoms with van der Waals surface area (Å²) in [5.74, 6) is 4.29. The Hall–Kier alpha value is -0.940. The van der Waals surface area contributed by atoms with Crippen LogP contribution in [0.25, 0.3) is 0 Å². The van der Waals surface area contributed by atoms with Crippen molar-refractivity contribution < 1.29 is 9.59 Å². The highest BCUT2D eigenvalue weighted by molar-refractivity contribution is 5.78. The van der Waals surface area contributed by atoms with Gasteiger partial charge in [0.15, 0.2) is 0 Å². The number of nitrogens with two attached hydrogens (primary N) is 2. The van der Waals surface area contributed by atoms with Crippen LogP contribution in [0.5, 0.6) is 0 Å². The molecule has 0 saturated heterocycles. The van der Waals surface area contributed by atoms with Gasteiger partial charge in [-0.2, -0.15) is 0 Å². The molecule has 0 fully saturated rings. The van der Waals surface area contributed by atoms with E-state index in [-0.39, 0.29) is 6.42 Å². The van der Waals surface area contributed by atoms with Gasteiger partial charge in [0.25, 0.3) is 0 Å². The number of aldehydes is 1. The minimum absolute atomic E-state index is 0.0556. The lowest BCUT2D eigenvalue weighted by atomic mass is 10.2. The minimum Gasteiger partial charge on any atom is -0.370 e. The third-order valence-corrected chi connectivity index (χ3v) is 0.799. The van der Waals surface area contributed by atoms with E-state index in [0.717, 1.165) is 0 Å². The number of carbonyl (C=O) groups excluding carboxylic acids is 2.